The molecule has 0 aliphatic carbocycles. The number of sulfonamides is 1. The number of piperidine rings is 1. The first-order valence-electron chi connectivity index (χ1n) is 9.69. The normalized spacial score (nSPS) is 15.1. The van der Waals surface area contributed by atoms with Crippen molar-refractivity contribution < 1.29 is 18.0 Å². The summed E-state index contributed by atoms with van der Waals surface area (Å²) in [6, 6.07) is 7.99. The van der Waals surface area contributed by atoms with Gasteiger partial charge in [-0.15, -0.1) is 0 Å². The summed E-state index contributed by atoms with van der Waals surface area (Å²) < 4.78 is 28.7. The van der Waals surface area contributed by atoms with E-state index >= 15 is 0 Å². The van der Waals surface area contributed by atoms with Gasteiger partial charge in [0.1, 0.15) is 10.6 Å². The number of aromatic nitrogens is 1. The number of aryl methyl sites for hydroxylation is 1. The number of benzene rings is 1. The number of nitrogens with zero attached hydrogens (tertiary/aromatic N) is 2. The monoisotopic (exact) mass is 418 g/mol. The van der Waals surface area contributed by atoms with E-state index in [9.17, 15) is 18.0 Å². The van der Waals surface area contributed by atoms with Crippen molar-refractivity contribution >= 4 is 27.5 Å². The van der Waals surface area contributed by atoms with Crippen molar-refractivity contribution in [1.29, 1.82) is 0 Å². The highest BCUT2D eigenvalue weighted by Crippen LogP contribution is 2.23. The first kappa shape index (κ1) is 21.1. The lowest BCUT2D eigenvalue weighted by Crippen LogP contribution is -2.35. The predicted octanol–water partition coefficient (Wildman–Crippen LogP) is 2.20. The summed E-state index contributed by atoms with van der Waals surface area (Å²) in [6.07, 6.45) is 4.19. The van der Waals surface area contributed by atoms with E-state index in [-0.39, 0.29) is 16.5 Å². The average molecular weight is 419 g/mol. The maximum atomic E-state index is 12.9. The van der Waals surface area contributed by atoms with Crippen molar-refractivity contribution in [3.63, 3.8) is 0 Å². The van der Waals surface area contributed by atoms with Crippen molar-refractivity contribution in [2.75, 3.05) is 25.0 Å². The third kappa shape index (κ3) is 4.68. The molecule has 0 saturated carbocycles. The summed E-state index contributed by atoms with van der Waals surface area (Å²) in [4.78, 5) is 24.8. The number of hydrogen-bond donors (Lipinski definition) is 2. The largest absolute Gasteiger partial charge is 0.352 e. The third-order valence-electron chi connectivity index (χ3n) is 4.89. The molecule has 2 amide bonds. The lowest BCUT2D eigenvalue weighted by Gasteiger charge is -2.25. The van der Waals surface area contributed by atoms with Gasteiger partial charge < -0.3 is 15.2 Å². The third-order valence-corrected chi connectivity index (χ3v) is 6.75. The molecular weight excluding hydrogens is 392 g/mol. The van der Waals surface area contributed by atoms with E-state index in [1.807, 2.05) is 6.92 Å². The van der Waals surface area contributed by atoms with Gasteiger partial charge in [0.25, 0.3) is 11.8 Å². The van der Waals surface area contributed by atoms with Crippen molar-refractivity contribution in [3.05, 3.63) is 47.8 Å². The van der Waals surface area contributed by atoms with E-state index in [4.69, 9.17) is 0 Å². The maximum Gasteiger partial charge on any atom is 0.272 e. The fraction of sp³-hybridized carbons (Fsp3) is 0.400. The smallest absolute Gasteiger partial charge is 0.272 e. The van der Waals surface area contributed by atoms with Crippen molar-refractivity contribution in [1.82, 2.24) is 14.2 Å². The predicted molar refractivity (Wildman–Crippen MR) is 110 cm³/mol. The Morgan fingerprint density at radius 3 is 2.48 bits per heavy atom. The zero-order valence-electron chi connectivity index (χ0n) is 16.6. The number of carbonyl (C=O) groups excluding carboxylic acids is 2. The van der Waals surface area contributed by atoms with E-state index < -0.39 is 15.9 Å². The average Bonchev–Trinajstić information content (AvgIpc) is 3.12. The Morgan fingerprint density at radius 2 is 1.79 bits per heavy atom. The summed E-state index contributed by atoms with van der Waals surface area (Å²) in [5.74, 6) is -0.668. The maximum absolute atomic E-state index is 12.9. The molecule has 2 aromatic rings. The highest BCUT2D eigenvalue weighted by Gasteiger charge is 2.28. The molecule has 3 rings (SSSR count). The van der Waals surface area contributed by atoms with E-state index in [2.05, 4.69) is 10.6 Å². The van der Waals surface area contributed by atoms with Crippen LogP contribution in [0.3, 0.4) is 0 Å². The molecule has 1 aromatic carbocycles. The molecule has 1 aliphatic rings. The summed E-state index contributed by atoms with van der Waals surface area (Å²) in [5.41, 5.74) is 1.12. The highest BCUT2D eigenvalue weighted by atomic mass is 32.2. The number of nitrogens with one attached hydrogen (secondary N) is 2. The molecule has 0 unspecified atom stereocenters. The number of carbonyl (C=O) groups is 2. The van der Waals surface area contributed by atoms with Crippen LogP contribution < -0.4 is 10.6 Å². The van der Waals surface area contributed by atoms with Crippen LogP contribution in [0, 0.1) is 0 Å². The summed E-state index contributed by atoms with van der Waals surface area (Å²) in [5, 5.41) is 5.44. The Hall–Kier alpha value is -2.65. The molecule has 9 heteroatoms. The molecule has 1 aromatic heterocycles. The second-order valence-electron chi connectivity index (χ2n) is 7.03. The van der Waals surface area contributed by atoms with Crippen LogP contribution in [0.5, 0.6) is 0 Å². The van der Waals surface area contributed by atoms with Crippen LogP contribution in [0.2, 0.25) is 0 Å². The quantitative estimate of drug-likeness (QED) is 0.751. The standard InChI is InChI=1S/C20H26N4O4S/c1-3-21-19(25)15-8-7-9-16(12-15)22-20(26)18-13-17(14-23(18)2)29(27,28)24-10-5-4-6-11-24/h7-9,12-14H,3-6,10-11H2,1-2H3,(H,21,25)(H,22,26). The van der Waals surface area contributed by atoms with E-state index in [0.29, 0.717) is 30.9 Å². The fourth-order valence-electron chi connectivity index (χ4n) is 3.35. The molecule has 1 saturated heterocycles. The van der Waals surface area contributed by atoms with Gasteiger partial charge in [0.15, 0.2) is 0 Å². The van der Waals surface area contributed by atoms with E-state index in [1.54, 1.807) is 31.3 Å². The molecule has 0 spiro atoms. The molecule has 0 atom stereocenters. The molecular formula is C20H26N4O4S. The second-order valence-corrected chi connectivity index (χ2v) is 8.97. The molecule has 8 nitrogen and oxygen atoms in total. The van der Waals surface area contributed by atoms with Crippen LogP contribution in [0.4, 0.5) is 5.69 Å². The van der Waals surface area contributed by atoms with Crippen molar-refractivity contribution in [3.8, 4) is 0 Å². The number of anilines is 1. The zero-order valence-corrected chi connectivity index (χ0v) is 17.5. The SMILES string of the molecule is CCNC(=O)c1cccc(NC(=O)c2cc(S(=O)(=O)N3CCCCC3)cn2C)c1. The van der Waals surface area contributed by atoms with Gasteiger partial charge in [-0.2, -0.15) is 4.31 Å². The van der Waals surface area contributed by atoms with Crippen LogP contribution in [0.25, 0.3) is 0 Å². The summed E-state index contributed by atoms with van der Waals surface area (Å²) in [7, 11) is -1.98. The van der Waals surface area contributed by atoms with Crippen LogP contribution in [0.1, 0.15) is 47.0 Å². The lowest BCUT2D eigenvalue weighted by molar-refractivity contribution is 0.0954. The van der Waals surface area contributed by atoms with Gasteiger partial charge in [0.05, 0.1) is 0 Å². The topological polar surface area (TPSA) is 101 Å². The minimum absolute atomic E-state index is 0.114. The molecule has 156 valence electrons. The van der Waals surface area contributed by atoms with E-state index in [1.165, 1.54) is 21.1 Å². The second kappa shape index (κ2) is 8.79. The first-order chi connectivity index (χ1) is 13.8. The highest BCUT2D eigenvalue weighted by molar-refractivity contribution is 7.89. The molecule has 1 fully saturated rings. The fourth-order valence-corrected chi connectivity index (χ4v) is 4.94. The first-order valence-corrected chi connectivity index (χ1v) is 11.1. The van der Waals surface area contributed by atoms with Gasteiger partial charge in [-0.1, -0.05) is 12.5 Å². The Labute approximate surface area is 170 Å². The molecule has 0 radical (unpaired) electrons. The summed E-state index contributed by atoms with van der Waals surface area (Å²) >= 11 is 0. The Bertz CT molecular complexity index is 1010. The van der Waals surface area contributed by atoms with Gasteiger partial charge in [-0.05, 0) is 44.0 Å². The lowest BCUT2D eigenvalue weighted by atomic mass is 10.2. The molecule has 2 heterocycles. The minimum Gasteiger partial charge on any atom is -0.352 e. The Balaban J connectivity index is 1.79. The van der Waals surface area contributed by atoms with Crippen molar-refractivity contribution in [2.45, 2.75) is 31.1 Å². The number of rotatable bonds is 6. The van der Waals surface area contributed by atoms with E-state index in [0.717, 1.165) is 19.3 Å². The number of amides is 2. The van der Waals surface area contributed by atoms with Gasteiger partial charge in [-0.3, -0.25) is 9.59 Å². The van der Waals surface area contributed by atoms with Gasteiger partial charge >= 0.3 is 0 Å². The number of hydrogen-bond acceptors (Lipinski definition) is 4. The molecule has 29 heavy (non-hydrogen) atoms. The van der Waals surface area contributed by atoms with Crippen LogP contribution >= 0.6 is 0 Å². The van der Waals surface area contributed by atoms with Gasteiger partial charge in [0, 0.05) is 44.1 Å². The Morgan fingerprint density at radius 1 is 1.07 bits per heavy atom. The van der Waals surface area contributed by atoms with Gasteiger partial charge in [-0.25, -0.2) is 8.42 Å². The molecule has 0 bridgehead atoms. The van der Waals surface area contributed by atoms with Crippen molar-refractivity contribution in [2.24, 2.45) is 7.05 Å². The molecule has 1 aliphatic heterocycles. The van der Waals surface area contributed by atoms with Crippen LogP contribution in [0.15, 0.2) is 41.4 Å². The molecule has 2 N–H and O–H groups in total. The summed E-state index contributed by atoms with van der Waals surface area (Å²) in [6.45, 7) is 3.35. The zero-order chi connectivity index (χ0) is 21.0. The van der Waals surface area contributed by atoms with Crippen LogP contribution in [-0.4, -0.2) is 48.7 Å². The minimum atomic E-state index is -3.61. The van der Waals surface area contributed by atoms with Crippen LogP contribution in [-0.2, 0) is 17.1 Å². The Kier molecular flexibility index (Phi) is 6.39. The van der Waals surface area contributed by atoms with Gasteiger partial charge in [0.2, 0.25) is 10.0 Å².